The maximum atomic E-state index is 6.75. The molecule has 6 aromatic carbocycles. The quantitative estimate of drug-likeness (QED) is 0.164. The second-order valence-electron chi connectivity index (χ2n) is 14.6. The molecule has 0 aliphatic rings. The van der Waals surface area contributed by atoms with Crippen molar-refractivity contribution < 1.29 is 4.74 Å². The fourth-order valence-corrected chi connectivity index (χ4v) is 8.23. The molecule has 53 heavy (non-hydrogen) atoms. The largest absolute Gasteiger partial charge is 0.457 e. The van der Waals surface area contributed by atoms with Gasteiger partial charge in [0.25, 0.3) is 0 Å². The number of benzene rings is 6. The average Bonchev–Trinajstić information content (AvgIpc) is 3.74. The summed E-state index contributed by atoms with van der Waals surface area (Å²) in [6, 6.07) is 49.5. The molecule has 0 radical (unpaired) electrons. The van der Waals surface area contributed by atoms with Crippen LogP contribution >= 0.6 is 0 Å². The highest BCUT2D eigenvalue weighted by Gasteiger charge is 2.20. The van der Waals surface area contributed by atoms with Gasteiger partial charge in [-0.05, 0) is 106 Å². The first-order chi connectivity index (χ1) is 25.9. The zero-order valence-corrected chi connectivity index (χ0v) is 30.2. The molecule has 0 atom stereocenters. The number of hydrogen-bond donors (Lipinski definition) is 0. The highest BCUT2D eigenvalue weighted by molar-refractivity contribution is 6.19. The Morgan fingerprint density at radius 2 is 1.26 bits per heavy atom. The van der Waals surface area contributed by atoms with Crippen LogP contribution in [0.15, 0.2) is 146 Å². The Bertz CT molecular complexity index is 3040. The van der Waals surface area contributed by atoms with Crippen LogP contribution in [-0.4, -0.2) is 18.9 Å². The van der Waals surface area contributed by atoms with Crippen LogP contribution in [0.3, 0.4) is 0 Å². The van der Waals surface area contributed by atoms with Crippen LogP contribution in [0.5, 0.6) is 11.5 Å². The number of aromatic nitrogens is 4. The first-order valence-corrected chi connectivity index (χ1v) is 18.5. The summed E-state index contributed by atoms with van der Waals surface area (Å²) in [5, 5.41) is 5.76. The van der Waals surface area contributed by atoms with Gasteiger partial charge in [0.1, 0.15) is 23.0 Å². The van der Waals surface area contributed by atoms with Crippen LogP contribution in [-0.2, 0) is 0 Å². The van der Waals surface area contributed by atoms with E-state index in [1.54, 1.807) is 0 Å². The van der Waals surface area contributed by atoms with Crippen molar-refractivity contribution in [2.45, 2.75) is 39.5 Å². The van der Waals surface area contributed by atoms with Gasteiger partial charge in [-0.3, -0.25) is 8.97 Å². The molecule has 5 heteroatoms. The zero-order valence-electron chi connectivity index (χ0n) is 30.2. The molecule has 4 aromatic heterocycles. The number of imidazole rings is 1. The van der Waals surface area contributed by atoms with Crippen LogP contribution in [0.25, 0.3) is 77.1 Å². The minimum Gasteiger partial charge on any atom is -0.457 e. The summed E-state index contributed by atoms with van der Waals surface area (Å²) in [6.45, 7) is 9.11. The van der Waals surface area contributed by atoms with Crippen LogP contribution in [0.2, 0.25) is 0 Å². The van der Waals surface area contributed by atoms with Gasteiger partial charge >= 0.3 is 0 Å². The third-order valence-corrected chi connectivity index (χ3v) is 10.8. The lowest BCUT2D eigenvalue weighted by Crippen LogP contribution is -1.99. The highest BCUT2D eigenvalue weighted by atomic mass is 16.5. The Labute approximate surface area is 307 Å². The summed E-state index contributed by atoms with van der Waals surface area (Å²) in [6.07, 6.45) is 1.84. The number of fused-ring (bicyclic) bond motifs is 11. The molecule has 5 nitrogen and oxygen atoms in total. The van der Waals surface area contributed by atoms with Crippen LogP contribution in [0.1, 0.15) is 50.7 Å². The Morgan fingerprint density at radius 1 is 0.528 bits per heavy atom. The van der Waals surface area contributed by atoms with Gasteiger partial charge in [-0.2, -0.15) is 0 Å². The zero-order chi connectivity index (χ0) is 35.8. The minimum absolute atomic E-state index is 0.374. The topological polar surface area (TPSA) is 44.3 Å². The van der Waals surface area contributed by atoms with E-state index in [1.165, 1.54) is 33.0 Å². The highest BCUT2D eigenvalue weighted by Crippen LogP contribution is 2.43. The van der Waals surface area contributed by atoms with Gasteiger partial charge in [0.05, 0.1) is 27.6 Å². The Morgan fingerprint density at radius 3 is 2.08 bits per heavy atom. The van der Waals surface area contributed by atoms with Crippen LogP contribution in [0, 0.1) is 0 Å². The molecule has 0 saturated carbocycles. The van der Waals surface area contributed by atoms with E-state index in [1.807, 2.05) is 24.4 Å². The van der Waals surface area contributed by atoms with Gasteiger partial charge in [-0.25, -0.2) is 9.97 Å². The first-order valence-electron chi connectivity index (χ1n) is 18.5. The fraction of sp³-hybridized carbons (Fsp3) is 0.125. The average molecular weight is 687 g/mol. The molecule has 10 rings (SSSR count). The summed E-state index contributed by atoms with van der Waals surface area (Å²) < 4.78 is 11.3. The fourth-order valence-electron chi connectivity index (χ4n) is 8.23. The lowest BCUT2D eigenvalue weighted by Gasteiger charge is -2.20. The van der Waals surface area contributed by atoms with Crippen molar-refractivity contribution in [1.82, 2.24) is 18.9 Å². The van der Waals surface area contributed by atoms with Crippen molar-refractivity contribution in [1.29, 1.82) is 0 Å². The van der Waals surface area contributed by atoms with Crippen molar-refractivity contribution in [3.8, 4) is 28.4 Å². The Hall–Kier alpha value is -6.46. The molecule has 10 aromatic rings. The minimum atomic E-state index is 0.374. The lowest BCUT2D eigenvalue weighted by atomic mass is 9.86. The van der Waals surface area contributed by atoms with Crippen molar-refractivity contribution in [2.75, 3.05) is 0 Å². The lowest BCUT2D eigenvalue weighted by molar-refractivity contribution is 0.484. The predicted octanol–water partition coefficient (Wildman–Crippen LogP) is 13.0. The molecule has 0 spiro atoms. The van der Waals surface area contributed by atoms with Crippen LogP contribution in [0.4, 0.5) is 0 Å². The van der Waals surface area contributed by atoms with E-state index in [2.05, 4.69) is 158 Å². The Kier molecular flexibility index (Phi) is 7.12. The molecule has 0 bridgehead atoms. The van der Waals surface area contributed by atoms with Gasteiger partial charge in [-0.1, -0.05) is 94.4 Å². The third-order valence-electron chi connectivity index (χ3n) is 10.8. The standard InChI is InChI=1S/C48H38N4O/c1-29(2)31-19-22-34(30(3)4)39(26-31)37-13-11-17-44-47(37)38-24-21-32(27-40(38)48-50-41-14-6-8-16-43(41)52(44)48)53-33-20-23-36-35-12-5-7-15-42(35)51(45(36)28-33)46-18-9-10-25-49-46/h5-30H,1-4H3. The van der Waals surface area contributed by atoms with Gasteiger partial charge in [-0.15, -0.1) is 0 Å². The molecule has 0 unspecified atom stereocenters. The van der Waals surface area contributed by atoms with Gasteiger partial charge < -0.3 is 4.74 Å². The second kappa shape index (κ2) is 12.1. The molecule has 0 N–H and O–H groups in total. The molecule has 4 heterocycles. The first kappa shape index (κ1) is 31.3. The number of para-hydroxylation sites is 3. The van der Waals surface area contributed by atoms with Gasteiger partial charge in [0, 0.05) is 33.8 Å². The van der Waals surface area contributed by atoms with E-state index < -0.39 is 0 Å². The smallest absolute Gasteiger partial charge is 0.146 e. The third kappa shape index (κ3) is 4.91. The molecule has 0 amide bonds. The van der Waals surface area contributed by atoms with Crippen LogP contribution < -0.4 is 4.74 Å². The van der Waals surface area contributed by atoms with E-state index in [-0.39, 0.29) is 0 Å². The van der Waals surface area contributed by atoms with Crippen molar-refractivity contribution in [3.05, 3.63) is 157 Å². The summed E-state index contributed by atoms with van der Waals surface area (Å²) in [4.78, 5) is 9.95. The second-order valence-corrected chi connectivity index (χ2v) is 14.6. The molecule has 0 aliphatic heterocycles. The monoisotopic (exact) mass is 686 g/mol. The van der Waals surface area contributed by atoms with E-state index >= 15 is 0 Å². The molecule has 0 fully saturated rings. The molecule has 0 saturated heterocycles. The van der Waals surface area contributed by atoms with Crippen molar-refractivity contribution >= 4 is 60.2 Å². The number of pyridine rings is 2. The molecule has 256 valence electrons. The number of ether oxygens (including phenoxy) is 1. The van der Waals surface area contributed by atoms with Crippen molar-refractivity contribution in [2.24, 2.45) is 0 Å². The molecular formula is C48H38N4O. The van der Waals surface area contributed by atoms with E-state index in [0.29, 0.717) is 11.8 Å². The SMILES string of the molecule is CC(C)c1ccc(C(C)C)c(-c2cccc3c2c2ccc(Oc4ccc5c6ccccc6n(-c6ccccn6)c5c4)cc2c2nc4ccccc4n32)c1. The molecular weight excluding hydrogens is 649 g/mol. The normalized spacial score (nSPS) is 12.1. The summed E-state index contributed by atoms with van der Waals surface area (Å²) in [5.41, 5.74) is 11.5. The van der Waals surface area contributed by atoms with E-state index in [4.69, 9.17) is 14.7 Å². The van der Waals surface area contributed by atoms with E-state index in [9.17, 15) is 0 Å². The number of rotatable bonds is 6. The summed E-state index contributed by atoms with van der Waals surface area (Å²) in [5.74, 6) is 3.19. The van der Waals surface area contributed by atoms with Gasteiger partial charge in [0.15, 0.2) is 0 Å². The van der Waals surface area contributed by atoms with E-state index in [0.717, 1.165) is 66.7 Å². The predicted molar refractivity (Wildman–Crippen MR) is 220 cm³/mol. The Balaban J connectivity index is 1.21. The number of nitrogens with zero attached hydrogens (tertiary/aromatic N) is 4. The number of hydrogen-bond acceptors (Lipinski definition) is 3. The van der Waals surface area contributed by atoms with Gasteiger partial charge in [0.2, 0.25) is 0 Å². The summed E-state index contributed by atoms with van der Waals surface area (Å²) >= 11 is 0. The maximum absolute atomic E-state index is 6.75. The van der Waals surface area contributed by atoms with Crippen molar-refractivity contribution in [3.63, 3.8) is 0 Å². The molecule has 0 aliphatic carbocycles. The summed E-state index contributed by atoms with van der Waals surface area (Å²) in [7, 11) is 0. The maximum Gasteiger partial charge on any atom is 0.146 e.